The van der Waals surface area contributed by atoms with E-state index in [1.54, 1.807) is 54.6 Å². The van der Waals surface area contributed by atoms with E-state index in [2.05, 4.69) is 16.1 Å². The number of benzene rings is 2. The summed E-state index contributed by atoms with van der Waals surface area (Å²) in [6, 6.07) is 15.4. The van der Waals surface area contributed by atoms with Gasteiger partial charge in [-0.15, -0.1) is 0 Å². The van der Waals surface area contributed by atoms with E-state index in [1.165, 1.54) is 6.92 Å². The molecule has 0 spiro atoms. The second-order valence-electron chi connectivity index (χ2n) is 10.8. The minimum atomic E-state index is -1.82. The fraction of sp³-hybridized carbons (Fsp3) is 0.438. The molecule has 0 aromatic heterocycles. The molecule has 0 fully saturated rings. The van der Waals surface area contributed by atoms with Crippen LogP contribution in [0.3, 0.4) is 0 Å². The van der Waals surface area contributed by atoms with Crippen molar-refractivity contribution in [1.29, 1.82) is 0 Å². The molecule has 2 aromatic rings. The molecule has 6 N–H and O–H groups in total. The molecule has 5 amide bonds. The van der Waals surface area contributed by atoms with Crippen molar-refractivity contribution in [2.75, 3.05) is 13.2 Å². The Hall–Kier alpha value is -4.98. The normalized spacial score (nSPS) is 12.6. The molecule has 0 bridgehead atoms. The van der Waals surface area contributed by atoms with Crippen LogP contribution < -0.4 is 21.8 Å². The van der Waals surface area contributed by atoms with Crippen LogP contribution in [-0.2, 0) is 46.5 Å². The summed E-state index contributed by atoms with van der Waals surface area (Å²) in [6.07, 6.45) is -3.51. The summed E-state index contributed by atoms with van der Waals surface area (Å²) in [7, 11) is 0. The Morgan fingerprint density at radius 1 is 0.848 bits per heavy atom. The van der Waals surface area contributed by atoms with Crippen LogP contribution in [0.1, 0.15) is 51.2 Å². The number of aliphatic hydroxyl groups excluding tert-OH is 1. The number of primary amides is 1. The molecular formula is C32H43N5O9. The summed E-state index contributed by atoms with van der Waals surface area (Å²) >= 11 is 0. The van der Waals surface area contributed by atoms with Gasteiger partial charge in [-0.1, -0.05) is 74.5 Å². The third-order valence-corrected chi connectivity index (χ3v) is 6.50. The second-order valence-corrected chi connectivity index (χ2v) is 10.8. The van der Waals surface area contributed by atoms with Crippen molar-refractivity contribution in [3.8, 4) is 0 Å². The van der Waals surface area contributed by atoms with Gasteiger partial charge in [0.2, 0.25) is 17.7 Å². The van der Waals surface area contributed by atoms with E-state index in [4.69, 9.17) is 15.2 Å². The summed E-state index contributed by atoms with van der Waals surface area (Å²) < 4.78 is 10.0. The minimum absolute atomic E-state index is 0.00539. The molecule has 3 atom stereocenters. The molecule has 0 aliphatic carbocycles. The van der Waals surface area contributed by atoms with E-state index in [1.807, 2.05) is 19.9 Å². The highest BCUT2D eigenvalue weighted by atomic mass is 16.6. The lowest BCUT2D eigenvalue weighted by Gasteiger charge is -2.28. The first-order valence-electron chi connectivity index (χ1n) is 14.9. The van der Waals surface area contributed by atoms with Crippen LogP contribution in [-0.4, -0.2) is 77.1 Å². The fourth-order valence-corrected chi connectivity index (χ4v) is 4.21. The Morgan fingerprint density at radius 3 is 2.02 bits per heavy atom. The zero-order valence-corrected chi connectivity index (χ0v) is 26.3. The third kappa shape index (κ3) is 13.8. The zero-order valence-electron chi connectivity index (χ0n) is 26.3. The molecule has 0 saturated carbocycles. The molecular weight excluding hydrogens is 598 g/mol. The highest BCUT2D eigenvalue weighted by Gasteiger charge is 2.31. The van der Waals surface area contributed by atoms with Gasteiger partial charge in [0, 0.05) is 12.8 Å². The Labute approximate surface area is 267 Å². The lowest BCUT2D eigenvalue weighted by molar-refractivity contribution is -0.157. The van der Waals surface area contributed by atoms with Crippen LogP contribution in [0.5, 0.6) is 0 Å². The Kier molecular flexibility index (Phi) is 15.7. The first-order valence-corrected chi connectivity index (χ1v) is 14.9. The van der Waals surface area contributed by atoms with E-state index in [0.29, 0.717) is 5.56 Å². The molecule has 2 aromatic carbocycles. The monoisotopic (exact) mass is 641 g/mol. The predicted octanol–water partition coefficient (Wildman–Crippen LogP) is 1.10. The van der Waals surface area contributed by atoms with Gasteiger partial charge in [0.25, 0.3) is 5.91 Å². The molecule has 0 unspecified atom stereocenters. The van der Waals surface area contributed by atoms with Crippen LogP contribution in [0.15, 0.2) is 60.7 Å². The molecule has 250 valence electrons. The molecule has 2 rings (SSSR count). The smallest absolute Gasteiger partial charge is 0.408 e. The number of aliphatic hydroxyl groups is 1. The van der Waals surface area contributed by atoms with Gasteiger partial charge < -0.3 is 30.9 Å². The van der Waals surface area contributed by atoms with Crippen molar-refractivity contribution < 1.29 is 43.3 Å². The van der Waals surface area contributed by atoms with Gasteiger partial charge >= 0.3 is 12.1 Å². The van der Waals surface area contributed by atoms with Crippen molar-refractivity contribution >= 4 is 35.7 Å². The van der Waals surface area contributed by atoms with Crippen molar-refractivity contribution in [3.05, 3.63) is 71.8 Å². The molecule has 0 aliphatic heterocycles. The summed E-state index contributed by atoms with van der Waals surface area (Å²) in [5.74, 6) is -4.24. The highest BCUT2D eigenvalue weighted by molar-refractivity contribution is 5.93. The fourth-order valence-electron chi connectivity index (χ4n) is 4.21. The summed E-state index contributed by atoms with van der Waals surface area (Å²) in [4.78, 5) is 76.0. The maximum atomic E-state index is 13.6. The number of carbonyl (C=O) groups is 6. The first-order chi connectivity index (χ1) is 21.9. The number of ether oxygens (including phenoxy) is 2. The van der Waals surface area contributed by atoms with Gasteiger partial charge in [-0.05, 0) is 30.4 Å². The number of hydrogen-bond donors (Lipinski definition) is 5. The van der Waals surface area contributed by atoms with E-state index >= 15 is 0 Å². The summed E-state index contributed by atoms with van der Waals surface area (Å²) in [5, 5.41) is 16.1. The lowest BCUT2D eigenvalue weighted by atomic mass is 10.0. The second kappa shape index (κ2) is 19.4. The van der Waals surface area contributed by atoms with Crippen molar-refractivity contribution in [2.24, 2.45) is 11.7 Å². The molecule has 14 nitrogen and oxygen atoms in total. The van der Waals surface area contributed by atoms with E-state index < -0.39 is 60.3 Å². The van der Waals surface area contributed by atoms with Gasteiger partial charge in [0.1, 0.15) is 18.7 Å². The number of amides is 5. The van der Waals surface area contributed by atoms with E-state index in [9.17, 15) is 33.9 Å². The number of rotatable bonds is 17. The quantitative estimate of drug-likeness (QED) is 0.124. The number of nitrogens with zero attached hydrogens (tertiary/aromatic N) is 1. The maximum absolute atomic E-state index is 13.6. The summed E-state index contributed by atoms with van der Waals surface area (Å²) in [5.41, 5.74) is 9.05. The average Bonchev–Trinajstić information content (AvgIpc) is 3.01. The number of carbonyl (C=O) groups excluding carboxylic acids is 6. The Balaban J connectivity index is 2.24. The Morgan fingerprint density at radius 2 is 1.46 bits per heavy atom. The van der Waals surface area contributed by atoms with Crippen molar-refractivity contribution in [2.45, 2.75) is 71.2 Å². The standard InChI is InChI=1S/C32H43N5O9/c1-4-45-31(43)26(38)19-28(40)37(16-15-27(33)39)36-30(42)25(18-22-11-7-5-8-12-22)34-29(41)24(17-21(2)3)35-32(44)46-20-23-13-9-6-10-14-23/h5-14,21,24-26,38H,4,15-20H2,1-3H3,(H2,33,39)(H,34,41)(H,35,44)(H,36,42)/t24-,25-,26-/m0/s1. The first kappa shape index (κ1) is 37.2. The number of esters is 1. The number of alkyl carbamates (subject to hydrolysis) is 1. The van der Waals surface area contributed by atoms with Gasteiger partial charge in [-0.3, -0.25) is 29.6 Å². The van der Waals surface area contributed by atoms with E-state index in [0.717, 1.165) is 10.6 Å². The van der Waals surface area contributed by atoms with Gasteiger partial charge in [0.05, 0.1) is 19.6 Å². The number of hydrazine groups is 1. The summed E-state index contributed by atoms with van der Waals surface area (Å²) in [6.45, 7) is 4.84. The SMILES string of the molecule is CCOC(=O)[C@@H](O)CC(=O)N(CCC(N)=O)NC(=O)[C@H](Cc1ccccc1)NC(=O)[C@H](CC(C)C)NC(=O)OCc1ccccc1. The van der Waals surface area contributed by atoms with Crippen LogP contribution >= 0.6 is 0 Å². The van der Waals surface area contributed by atoms with Gasteiger partial charge in [-0.25, -0.2) is 9.59 Å². The van der Waals surface area contributed by atoms with E-state index in [-0.39, 0.29) is 44.9 Å². The molecule has 0 aliphatic rings. The van der Waals surface area contributed by atoms with Gasteiger partial charge in [-0.2, -0.15) is 0 Å². The van der Waals surface area contributed by atoms with Gasteiger partial charge in [0.15, 0.2) is 6.10 Å². The van der Waals surface area contributed by atoms with Crippen LogP contribution in [0.2, 0.25) is 0 Å². The molecule has 0 saturated heterocycles. The largest absolute Gasteiger partial charge is 0.464 e. The van der Waals surface area contributed by atoms with Crippen LogP contribution in [0.25, 0.3) is 0 Å². The minimum Gasteiger partial charge on any atom is -0.464 e. The van der Waals surface area contributed by atoms with Crippen LogP contribution in [0.4, 0.5) is 4.79 Å². The molecule has 14 heteroatoms. The Bertz CT molecular complexity index is 1310. The van der Waals surface area contributed by atoms with Crippen molar-refractivity contribution in [3.63, 3.8) is 0 Å². The third-order valence-electron chi connectivity index (χ3n) is 6.50. The van der Waals surface area contributed by atoms with Crippen LogP contribution in [0, 0.1) is 5.92 Å². The average molecular weight is 642 g/mol. The lowest BCUT2D eigenvalue weighted by Crippen LogP contribution is -2.58. The molecule has 0 heterocycles. The number of hydrogen-bond acceptors (Lipinski definition) is 9. The highest BCUT2D eigenvalue weighted by Crippen LogP contribution is 2.10. The zero-order chi connectivity index (χ0) is 34.1. The molecule has 46 heavy (non-hydrogen) atoms. The number of nitrogens with one attached hydrogen (secondary N) is 3. The maximum Gasteiger partial charge on any atom is 0.408 e. The molecule has 0 radical (unpaired) electrons. The topological polar surface area (TPSA) is 206 Å². The predicted molar refractivity (Wildman–Crippen MR) is 166 cm³/mol. The van der Waals surface area contributed by atoms with Crippen molar-refractivity contribution in [1.82, 2.24) is 21.1 Å². The number of nitrogens with two attached hydrogens (primary N) is 1.